The van der Waals surface area contributed by atoms with Crippen LogP contribution in [-0.2, 0) is 16.0 Å². The highest BCUT2D eigenvalue weighted by Crippen LogP contribution is 2.48. The monoisotopic (exact) mass is 562 g/mol. The number of allylic oxidation sites excluding steroid dienone is 1. The molecule has 1 aliphatic heterocycles. The molecule has 0 bridgehead atoms. The smallest absolute Gasteiger partial charge is 0.239 e. The van der Waals surface area contributed by atoms with Crippen molar-refractivity contribution in [1.82, 2.24) is 10.3 Å². The lowest BCUT2D eigenvalue weighted by Crippen LogP contribution is -2.42. The third kappa shape index (κ3) is 5.39. The standard InChI is InChI=1S/C35H38N4O3/c1-22-9-11-23(12-10-22)34-33-29(18-35(2,3)19-31(33)40)38-28-7-5-6-8-30(28)39(34)21-32(41)36-16-15-24-20-37-27-14-13-25(42-4)17-26(24)27/h5-14,17,20,34,37-38H,15-16,18-19,21H2,1-4H3,(H,36,41). The van der Waals surface area contributed by atoms with Crippen molar-refractivity contribution in [2.75, 3.05) is 30.4 Å². The number of para-hydroxylation sites is 2. The maximum Gasteiger partial charge on any atom is 0.239 e. The zero-order valence-electron chi connectivity index (χ0n) is 24.7. The van der Waals surface area contributed by atoms with Gasteiger partial charge in [-0.15, -0.1) is 0 Å². The number of anilines is 2. The van der Waals surface area contributed by atoms with E-state index in [0.29, 0.717) is 19.4 Å². The van der Waals surface area contributed by atoms with E-state index in [4.69, 9.17) is 4.74 Å². The molecule has 1 amide bonds. The number of rotatable bonds is 7. The number of ketones is 1. The van der Waals surface area contributed by atoms with E-state index in [1.807, 2.05) is 48.7 Å². The van der Waals surface area contributed by atoms with Crippen LogP contribution >= 0.6 is 0 Å². The Morgan fingerprint density at radius 2 is 1.86 bits per heavy atom. The number of H-pyrrole nitrogens is 1. The third-order valence-corrected chi connectivity index (χ3v) is 8.40. The Bertz CT molecular complexity index is 1680. The lowest BCUT2D eigenvalue weighted by atomic mass is 9.73. The summed E-state index contributed by atoms with van der Waals surface area (Å²) in [5.74, 6) is 0.844. The number of hydrogen-bond acceptors (Lipinski definition) is 5. The minimum absolute atomic E-state index is 0.0908. The van der Waals surface area contributed by atoms with Crippen molar-refractivity contribution in [3.05, 3.63) is 101 Å². The number of nitrogens with zero attached hydrogens (tertiary/aromatic N) is 1. The quantitative estimate of drug-likeness (QED) is 0.241. The molecular formula is C35H38N4O3. The zero-order valence-corrected chi connectivity index (χ0v) is 24.7. The van der Waals surface area contributed by atoms with Gasteiger partial charge in [0.1, 0.15) is 5.75 Å². The molecule has 0 radical (unpaired) electrons. The second-order valence-corrected chi connectivity index (χ2v) is 12.2. The second kappa shape index (κ2) is 11.0. The van der Waals surface area contributed by atoms with E-state index in [2.05, 4.69) is 65.6 Å². The van der Waals surface area contributed by atoms with E-state index in [0.717, 1.165) is 62.4 Å². The number of nitrogens with one attached hydrogen (secondary N) is 3. The van der Waals surface area contributed by atoms with Crippen molar-refractivity contribution < 1.29 is 14.3 Å². The maximum absolute atomic E-state index is 13.8. The fraction of sp³-hybridized carbons (Fsp3) is 0.314. The van der Waals surface area contributed by atoms with Gasteiger partial charge in [0, 0.05) is 41.3 Å². The van der Waals surface area contributed by atoms with Crippen LogP contribution in [0, 0.1) is 12.3 Å². The average Bonchev–Trinajstić information content (AvgIpc) is 3.30. The summed E-state index contributed by atoms with van der Waals surface area (Å²) in [7, 11) is 1.66. The number of hydrogen-bond donors (Lipinski definition) is 3. The highest BCUT2D eigenvalue weighted by atomic mass is 16.5. The summed E-state index contributed by atoms with van der Waals surface area (Å²) in [6.07, 6.45) is 3.91. The van der Waals surface area contributed by atoms with Gasteiger partial charge in [0.05, 0.1) is 31.1 Å². The van der Waals surface area contributed by atoms with Gasteiger partial charge in [0.25, 0.3) is 0 Å². The van der Waals surface area contributed by atoms with Gasteiger partial charge in [-0.2, -0.15) is 0 Å². The summed E-state index contributed by atoms with van der Waals surface area (Å²) in [6, 6.07) is 21.9. The van der Waals surface area contributed by atoms with Crippen LogP contribution in [0.1, 0.15) is 49.4 Å². The number of benzene rings is 3. The van der Waals surface area contributed by atoms with E-state index in [1.165, 1.54) is 0 Å². The molecular weight excluding hydrogens is 524 g/mol. The van der Waals surface area contributed by atoms with Gasteiger partial charge in [-0.05, 0) is 66.6 Å². The van der Waals surface area contributed by atoms with E-state index in [1.54, 1.807) is 7.11 Å². The molecule has 7 heteroatoms. The largest absolute Gasteiger partial charge is 0.497 e. The minimum Gasteiger partial charge on any atom is -0.497 e. The van der Waals surface area contributed by atoms with Crippen LogP contribution in [0.25, 0.3) is 10.9 Å². The van der Waals surface area contributed by atoms with Gasteiger partial charge in [0.15, 0.2) is 5.78 Å². The topological polar surface area (TPSA) is 86.5 Å². The zero-order chi connectivity index (χ0) is 29.4. The van der Waals surface area contributed by atoms with Gasteiger partial charge in [-0.1, -0.05) is 55.8 Å². The lowest BCUT2D eigenvalue weighted by Gasteiger charge is -2.38. The Kier molecular flexibility index (Phi) is 7.27. The number of aromatic amines is 1. The Labute approximate surface area is 247 Å². The molecule has 1 aliphatic carbocycles. The SMILES string of the molecule is COc1ccc2[nH]cc(CCNC(=O)CN3c4ccccc4NC4=C(C(=O)CC(C)(C)C4)C3c3ccc(C)cc3)c2c1. The molecule has 42 heavy (non-hydrogen) atoms. The normalized spacial score (nSPS) is 17.8. The van der Waals surface area contributed by atoms with E-state index < -0.39 is 0 Å². The van der Waals surface area contributed by atoms with Gasteiger partial charge in [0.2, 0.25) is 5.91 Å². The molecule has 0 spiro atoms. The fourth-order valence-electron chi connectivity index (χ4n) is 6.36. The molecule has 1 unspecified atom stereocenters. The van der Waals surface area contributed by atoms with E-state index >= 15 is 0 Å². The predicted molar refractivity (Wildman–Crippen MR) is 168 cm³/mol. The van der Waals surface area contributed by atoms with Crippen molar-refractivity contribution in [3.63, 3.8) is 0 Å². The number of carbonyl (C=O) groups excluding carboxylic acids is 2. The molecule has 0 saturated carbocycles. The number of aryl methyl sites for hydroxylation is 1. The van der Waals surface area contributed by atoms with Crippen molar-refractivity contribution in [2.24, 2.45) is 5.41 Å². The van der Waals surface area contributed by atoms with Crippen molar-refractivity contribution in [3.8, 4) is 5.75 Å². The summed E-state index contributed by atoms with van der Waals surface area (Å²) < 4.78 is 5.40. The summed E-state index contributed by atoms with van der Waals surface area (Å²) in [5.41, 5.74) is 7.69. The molecule has 216 valence electrons. The Hall–Kier alpha value is -4.52. The van der Waals surface area contributed by atoms with Crippen molar-refractivity contribution in [1.29, 1.82) is 0 Å². The molecule has 7 nitrogen and oxygen atoms in total. The fourth-order valence-corrected chi connectivity index (χ4v) is 6.36. The number of carbonyl (C=O) groups is 2. The molecule has 6 rings (SSSR count). The molecule has 2 heterocycles. The minimum atomic E-state index is -0.382. The first kappa shape index (κ1) is 27.6. The van der Waals surface area contributed by atoms with Crippen molar-refractivity contribution >= 4 is 34.0 Å². The van der Waals surface area contributed by atoms with Crippen LogP contribution in [0.2, 0.25) is 0 Å². The molecule has 1 aromatic heterocycles. The van der Waals surface area contributed by atoms with Crippen LogP contribution in [-0.4, -0.2) is 36.9 Å². The Morgan fingerprint density at radius 1 is 1.07 bits per heavy atom. The lowest BCUT2D eigenvalue weighted by molar-refractivity contribution is -0.120. The summed E-state index contributed by atoms with van der Waals surface area (Å²) in [4.78, 5) is 32.8. The molecule has 4 aromatic rings. The van der Waals surface area contributed by atoms with Crippen LogP contribution in [0.4, 0.5) is 11.4 Å². The molecule has 0 saturated heterocycles. The number of methoxy groups -OCH3 is 1. The molecule has 3 N–H and O–H groups in total. The first-order chi connectivity index (χ1) is 20.2. The number of ether oxygens (including phenoxy) is 1. The van der Waals surface area contributed by atoms with Crippen LogP contribution in [0.15, 0.2) is 84.2 Å². The average molecular weight is 563 g/mol. The van der Waals surface area contributed by atoms with Crippen LogP contribution in [0.5, 0.6) is 5.75 Å². The number of amides is 1. The summed E-state index contributed by atoms with van der Waals surface area (Å²) in [5, 5.41) is 7.86. The number of fused-ring (bicyclic) bond motifs is 2. The molecule has 0 fully saturated rings. The summed E-state index contributed by atoms with van der Waals surface area (Å²) >= 11 is 0. The van der Waals surface area contributed by atoms with Gasteiger partial charge >= 0.3 is 0 Å². The predicted octanol–water partition coefficient (Wildman–Crippen LogP) is 6.46. The molecule has 2 aliphatic rings. The second-order valence-electron chi connectivity index (χ2n) is 12.2. The van der Waals surface area contributed by atoms with E-state index in [-0.39, 0.29) is 29.7 Å². The van der Waals surface area contributed by atoms with Crippen LogP contribution < -0.4 is 20.3 Å². The highest BCUT2D eigenvalue weighted by molar-refractivity contribution is 6.02. The van der Waals surface area contributed by atoms with E-state index in [9.17, 15) is 9.59 Å². The third-order valence-electron chi connectivity index (χ3n) is 8.40. The Morgan fingerprint density at radius 3 is 2.64 bits per heavy atom. The van der Waals surface area contributed by atoms with Gasteiger partial charge in [-0.25, -0.2) is 0 Å². The van der Waals surface area contributed by atoms with Gasteiger partial charge < -0.3 is 25.3 Å². The maximum atomic E-state index is 13.8. The van der Waals surface area contributed by atoms with Crippen LogP contribution in [0.3, 0.4) is 0 Å². The molecule has 3 aromatic carbocycles. The Balaban J connectivity index is 1.31. The number of aromatic nitrogens is 1. The highest BCUT2D eigenvalue weighted by Gasteiger charge is 2.41. The number of Topliss-reactive ketones (excluding diaryl/α,β-unsaturated/α-hetero) is 1. The first-order valence-corrected chi connectivity index (χ1v) is 14.6. The van der Waals surface area contributed by atoms with Crippen molar-refractivity contribution in [2.45, 2.75) is 46.1 Å². The first-order valence-electron chi connectivity index (χ1n) is 14.6. The van der Waals surface area contributed by atoms with Gasteiger partial charge in [-0.3, -0.25) is 9.59 Å². The molecule has 1 atom stereocenters. The summed E-state index contributed by atoms with van der Waals surface area (Å²) in [6.45, 7) is 6.95.